The zero-order valence-electron chi connectivity index (χ0n) is 6.00. The van der Waals surface area contributed by atoms with Crippen molar-refractivity contribution in [1.82, 2.24) is 9.97 Å². The molecule has 2 N–H and O–H groups in total. The molecule has 3 aromatic rings. The quantitative estimate of drug-likeness (QED) is 0.469. The Kier molecular flexibility index (Phi) is 0.473. The highest BCUT2D eigenvalue weighted by molar-refractivity contribution is 6.15. The van der Waals surface area contributed by atoms with Crippen LogP contribution in [0.1, 0.15) is 11.1 Å². The van der Waals surface area contributed by atoms with Crippen LogP contribution in [-0.2, 0) is 0 Å². The van der Waals surface area contributed by atoms with Crippen LogP contribution in [0, 0.1) is 13.8 Å². The smallest absolute Gasteiger partial charge is 0.0887 e. The molecule has 0 saturated heterocycles. The summed E-state index contributed by atoms with van der Waals surface area (Å²) >= 11 is 0. The monoisotopic (exact) mass is 132 g/mol. The average Bonchev–Trinajstić information content (AvgIpc) is 2.71. The predicted molar refractivity (Wildman–Crippen MR) is 42.0 cm³/mol. The Bertz CT molecular complexity index is 427. The fourth-order valence-corrected chi connectivity index (χ4v) is 1.50. The molecule has 0 amide bonds. The first kappa shape index (κ1) is 4.61. The molecule has 2 nitrogen and oxygen atoms in total. The molecule has 0 aliphatic heterocycles. The number of hydrogen-bond donors (Lipinski definition) is 2. The molecule has 0 radical (unpaired) electrons. The molecular weight excluding hydrogens is 124 g/mol. The molecule has 0 unspecified atom stereocenters. The molecule has 0 atom stereocenters. The van der Waals surface area contributed by atoms with E-state index in [1.165, 1.54) is 33.2 Å². The maximum atomic E-state index is 3.26. The van der Waals surface area contributed by atoms with Gasteiger partial charge in [-0.1, -0.05) is 0 Å². The number of aromatic nitrogens is 2. The minimum Gasteiger partial charge on any atom is -0.350 e. The number of benzene rings is 1. The molecule has 0 aliphatic carbocycles. The van der Waals surface area contributed by atoms with Gasteiger partial charge < -0.3 is 9.97 Å². The first-order valence-corrected chi connectivity index (χ1v) is 3.50. The Morgan fingerprint density at radius 1 is 0.700 bits per heavy atom. The van der Waals surface area contributed by atoms with Crippen molar-refractivity contribution in [3.63, 3.8) is 0 Å². The number of rotatable bonds is 0. The molecule has 1 aromatic carbocycles. The van der Waals surface area contributed by atoms with Gasteiger partial charge in [-0.3, -0.25) is 0 Å². The van der Waals surface area contributed by atoms with E-state index in [9.17, 15) is 0 Å². The van der Waals surface area contributed by atoms with Crippen LogP contribution in [-0.4, -0.2) is 9.97 Å². The minimum absolute atomic E-state index is 1.33. The van der Waals surface area contributed by atoms with Crippen LogP contribution in [0.15, 0.2) is 0 Å². The number of fused-ring (bicyclic) bond motifs is 3. The summed E-state index contributed by atoms with van der Waals surface area (Å²) < 4.78 is 0. The van der Waals surface area contributed by atoms with E-state index in [1.54, 1.807) is 0 Å². The van der Waals surface area contributed by atoms with Gasteiger partial charge in [-0.15, -0.1) is 0 Å². The van der Waals surface area contributed by atoms with Crippen LogP contribution < -0.4 is 0 Å². The molecular formula is C8H8N2. The maximum Gasteiger partial charge on any atom is 0.0887 e. The van der Waals surface area contributed by atoms with Gasteiger partial charge >= 0.3 is 0 Å². The van der Waals surface area contributed by atoms with E-state index >= 15 is 0 Å². The molecule has 2 aromatic heterocycles. The second-order valence-corrected chi connectivity index (χ2v) is 3.00. The normalized spacial score (nSPS) is 13.0. The van der Waals surface area contributed by atoms with Crippen LogP contribution in [0.5, 0.6) is 0 Å². The zero-order valence-corrected chi connectivity index (χ0v) is 6.00. The highest BCUT2D eigenvalue weighted by Crippen LogP contribution is 2.37. The standard InChI is InChI=1S/C8H8N2/c1-3-4(2)6-8(10-6)7-5(3)9-7/h9-10H,1-2H3. The highest BCUT2D eigenvalue weighted by Gasteiger charge is 2.19. The summed E-state index contributed by atoms with van der Waals surface area (Å²) in [7, 11) is 0. The lowest BCUT2D eigenvalue weighted by atomic mass is 10.1. The van der Waals surface area contributed by atoms with E-state index < -0.39 is 0 Å². The average molecular weight is 132 g/mol. The van der Waals surface area contributed by atoms with Gasteiger partial charge in [0.2, 0.25) is 0 Å². The third kappa shape index (κ3) is 0.321. The van der Waals surface area contributed by atoms with Crippen molar-refractivity contribution in [3.8, 4) is 0 Å². The summed E-state index contributed by atoms with van der Waals surface area (Å²) in [6, 6.07) is 0. The van der Waals surface area contributed by atoms with Gasteiger partial charge in [0.05, 0.1) is 22.1 Å². The topological polar surface area (TPSA) is 31.6 Å². The fourth-order valence-electron chi connectivity index (χ4n) is 1.50. The van der Waals surface area contributed by atoms with E-state index in [0.29, 0.717) is 0 Å². The lowest BCUT2D eigenvalue weighted by Crippen LogP contribution is -1.72. The van der Waals surface area contributed by atoms with Crippen molar-refractivity contribution in [1.29, 1.82) is 0 Å². The highest BCUT2D eigenvalue weighted by atomic mass is 14.9. The Morgan fingerprint density at radius 3 is 1.50 bits per heavy atom. The first-order chi connectivity index (χ1) is 4.79. The second-order valence-electron chi connectivity index (χ2n) is 3.00. The number of H-pyrrole nitrogens is 2. The number of aryl methyl sites for hydroxylation is 2. The third-order valence-electron chi connectivity index (χ3n) is 2.44. The van der Waals surface area contributed by atoms with Crippen molar-refractivity contribution in [3.05, 3.63) is 11.1 Å². The van der Waals surface area contributed by atoms with E-state index in [4.69, 9.17) is 0 Å². The summed E-state index contributed by atoms with van der Waals surface area (Å²) in [6.45, 7) is 4.32. The van der Waals surface area contributed by atoms with E-state index in [1.807, 2.05) is 0 Å². The first-order valence-electron chi connectivity index (χ1n) is 3.50. The Morgan fingerprint density at radius 2 is 1.10 bits per heavy atom. The van der Waals surface area contributed by atoms with Crippen molar-refractivity contribution in [2.45, 2.75) is 13.8 Å². The summed E-state index contributed by atoms with van der Waals surface area (Å²) in [4.78, 5) is 6.51. The molecule has 0 saturated carbocycles. The van der Waals surface area contributed by atoms with Crippen molar-refractivity contribution in [2.24, 2.45) is 0 Å². The van der Waals surface area contributed by atoms with Gasteiger partial charge in [0.1, 0.15) is 0 Å². The van der Waals surface area contributed by atoms with Crippen molar-refractivity contribution >= 4 is 22.1 Å². The lowest BCUT2D eigenvalue weighted by Gasteiger charge is -1.88. The molecule has 0 bridgehead atoms. The van der Waals surface area contributed by atoms with Crippen LogP contribution in [0.2, 0.25) is 0 Å². The summed E-state index contributed by atoms with van der Waals surface area (Å²) in [5, 5.41) is 0. The number of nitrogens with one attached hydrogen (secondary N) is 2. The van der Waals surface area contributed by atoms with Crippen LogP contribution >= 0.6 is 0 Å². The predicted octanol–water partition coefficient (Wildman–Crippen LogP) is 2.14. The molecule has 50 valence electrons. The van der Waals surface area contributed by atoms with Crippen LogP contribution in [0.25, 0.3) is 22.1 Å². The second kappa shape index (κ2) is 1.03. The molecule has 10 heavy (non-hydrogen) atoms. The Labute approximate surface area is 57.9 Å². The Balaban J connectivity index is 2.66. The maximum absolute atomic E-state index is 3.26. The Hall–Kier alpha value is -1.18. The van der Waals surface area contributed by atoms with E-state index in [0.717, 1.165) is 0 Å². The van der Waals surface area contributed by atoms with Crippen LogP contribution in [0.3, 0.4) is 0 Å². The fraction of sp³-hybridized carbons (Fsp3) is 0.250. The van der Waals surface area contributed by atoms with Gasteiger partial charge in [-0.2, -0.15) is 0 Å². The van der Waals surface area contributed by atoms with Gasteiger partial charge in [-0.25, -0.2) is 0 Å². The minimum atomic E-state index is 1.33. The molecule has 2 heterocycles. The van der Waals surface area contributed by atoms with Gasteiger partial charge in [0.15, 0.2) is 0 Å². The lowest BCUT2D eigenvalue weighted by molar-refractivity contribution is 1.42. The number of hydrogen-bond acceptors (Lipinski definition) is 0. The zero-order chi connectivity index (χ0) is 6.88. The third-order valence-corrected chi connectivity index (χ3v) is 2.44. The van der Waals surface area contributed by atoms with Gasteiger partial charge in [0.25, 0.3) is 0 Å². The summed E-state index contributed by atoms with van der Waals surface area (Å²) in [5.41, 5.74) is 8.16. The van der Waals surface area contributed by atoms with Crippen LogP contribution in [0.4, 0.5) is 0 Å². The van der Waals surface area contributed by atoms with E-state index in [-0.39, 0.29) is 0 Å². The van der Waals surface area contributed by atoms with Crippen molar-refractivity contribution in [2.75, 3.05) is 0 Å². The number of aromatic amines is 2. The molecule has 0 spiro atoms. The van der Waals surface area contributed by atoms with Gasteiger partial charge in [0, 0.05) is 0 Å². The molecule has 0 aliphatic rings. The summed E-state index contributed by atoms with van der Waals surface area (Å²) in [6.07, 6.45) is 0. The summed E-state index contributed by atoms with van der Waals surface area (Å²) in [5.74, 6) is 0. The molecule has 0 fully saturated rings. The van der Waals surface area contributed by atoms with Gasteiger partial charge in [-0.05, 0) is 25.0 Å². The van der Waals surface area contributed by atoms with E-state index in [2.05, 4.69) is 23.8 Å². The largest absolute Gasteiger partial charge is 0.350 e. The SMILES string of the molecule is Cc1c(C)c2[nH]c2c2[nH]c12. The van der Waals surface area contributed by atoms with Crippen molar-refractivity contribution < 1.29 is 0 Å². The molecule has 2 heteroatoms. The molecule has 3 rings (SSSR count).